The molecule has 0 fully saturated rings. The van der Waals surface area contributed by atoms with Crippen molar-refractivity contribution in [1.29, 1.82) is 0 Å². The highest BCUT2D eigenvalue weighted by Gasteiger charge is 2.29. The van der Waals surface area contributed by atoms with Gasteiger partial charge in [0.1, 0.15) is 5.84 Å². The summed E-state index contributed by atoms with van der Waals surface area (Å²) in [5.41, 5.74) is 2.77. The molecular formula is C19H22N2. The van der Waals surface area contributed by atoms with Crippen molar-refractivity contribution in [2.75, 3.05) is 13.1 Å². The van der Waals surface area contributed by atoms with E-state index in [-0.39, 0.29) is 5.41 Å². The summed E-state index contributed by atoms with van der Waals surface area (Å²) in [7, 11) is 0. The molecule has 1 aliphatic rings. The molecule has 21 heavy (non-hydrogen) atoms. The fourth-order valence-corrected chi connectivity index (χ4v) is 2.83. The second kappa shape index (κ2) is 5.72. The molecule has 3 rings (SSSR count). The highest BCUT2D eigenvalue weighted by molar-refractivity contribution is 5.99. The third-order valence-corrected chi connectivity index (χ3v) is 3.82. The first kappa shape index (κ1) is 13.9. The monoisotopic (exact) mass is 278 g/mol. The Morgan fingerprint density at radius 3 is 2.24 bits per heavy atom. The van der Waals surface area contributed by atoms with E-state index in [1.807, 2.05) is 0 Å². The number of rotatable bonds is 3. The number of hydrogen-bond acceptors (Lipinski definition) is 2. The second-order valence-corrected chi connectivity index (χ2v) is 6.51. The lowest BCUT2D eigenvalue weighted by molar-refractivity contribution is 0.235. The van der Waals surface area contributed by atoms with Gasteiger partial charge in [0.2, 0.25) is 0 Å². The number of hydrogen-bond donors (Lipinski definition) is 0. The molecule has 0 radical (unpaired) electrons. The lowest BCUT2D eigenvalue weighted by Crippen LogP contribution is -2.44. The molecule has 2 aromatic rings. The van der Waals surface area contributed by atoms with E-state index in [0.29, 0.717) is 0 Å². The van der Waals surface area contributed by atoms with E-state index < -0.39 is 0 Å². The minimum atomic E-state index is 0.229. The third kappa shape index (κ3) is 3.33. The Bertz CT molecular complexity index is 615. The maximum atomic E-state index is 4.87. The van der Waals surface area contributed by atoms with E-state index in [4.69, 9.17) is 4.99 Å². The molecule has 0 aliphatic carbocycles. The van der Waals surface area contributed by atoms with E-state index in [1.165, 1.54) is 11.1 Å². The molecule has 0 saturated carbocycles. The molecule has 0 spiro atoms. The molecule has 0 unspecified atom stereocenters. The quantitative estimate of drug-likeness (QED) is 0.829. The van der Waals surface area contributed by atoms with Crippen molar-refractivity contribution in [3.05, 3.63) is 71.8 Å². The number of aliphatic imine (C=N–C) groups is 1. The lowest BCUT2D eigenvalue weighted by Gasteiger charge is -2.38. The topological polar surface area (TPSA) is 15.6 Å². The Balaban J connectivity index is 1.90. The Kier molecular flexibility index (Phi) is 3.78. The first-order chi connectivity index (χ1) is 10.1. The van der Waals surface area contributed by atoms with Crippen LogP contribution in [0.5, 0.6) is 0 Å². The lowest BCUT2D eigenvalue weighted by atomic mass is 9.90. The molecule has 2 aromatic carbocycles. The largest absolute Gasteiger partial charge is 0.351 e. The Labute approximate surface area is 127 Å². The maximum Gasteiger partial charge on any atom is 0.131 e. The summed E-state index contributed by atoms with van der Waals surface area (Å²) < 4.78 is 0. The van der Waals surface area contributed by atoms with Gasteiger partial charge in [-0.2, -0.15) is 0 Å². The summed E-state index contributed by atoms with van der Waals surface area (Å²) in [6, 6.07) is 21.1. The normalized spacial score (nSPS) is 17.4. The standard InChI is InChI=1S/C19H22N2/c1-19(2)14-20-18(17-11-7-4-8-12-17)21(15-19)13-16-9-5-3-6-10-16/h3-12H,13-15H2,1-2H3. The van der Waals surface area contributed by atoms with E-state index in [1.54, 1.807) is 0 Å². The van der Waals surface area contributed by atoms with Gasteiger partial charge in [-0.15, -0.1) is 0 Å². The van der Waals surface area contributed by atoms with Crippen LogP contribution in [0, 0.1) is 5.41 Å². The van der Waals surface area contributed by atoms with Gasteiger partial charge in [-0.1, -0.05) is 74.5 Å². The van der Waals surface area contributed by atoms with E-state index >= 15 is 0 Å². The molecule has 2 nitrogen and oxygen atoms in total. The number of amidine groups is 1. The van der Waals surface area contributed by atoms with Gasteiger partial charge < -0.3 is 4.90 Å². The molecule has 0 N–H and O–H groups in total. The van der Waals surface area contributed by atoms with Crippen LogP contribution in [0.3, 0.4) is 0 Å². The molecule has 0 bridgehead atoms. The Morgan fingerprint density at radius 2 is 1.57 bits per heavy atom. The molecule has 1 aliphatic heterocycles. The smallest absolute Gasteiger partial charge is 0.131 e. The molecule has 2 heteroatoms. The molecule has 108 valence electrons. The predicted molar refractivity (Wildman–Crippen MR) is 88.5 cm³/mol. The molecular weight excluding hydrogens is 256 g/mol. The molecule has 0 amide bonds. The summed E-state index contributed by atoms with van der Waals surface area (Å²) in [4.78, 5) is 7.28. The van der Waals surface area contributed by atoms with Gasteiger partial charge in [0, 0.05) is 30.6 Å². The van der Waals surface area contributed by atoms with Crippen molar-refractivity contribution in [2.45, 2.75) is 20.4 Å². The van der Waals surface area contributed by atoms with E-state index in [9.17, 15) is 0 Å². The minimum absolute atomic E-state index is 0.229. The van der Waals surface area contributed by atoms with Crippen LogP contribution in [-0.4, -0.2) is 23.8 Å². The Hall–Kier alpha value is -2.09. The minimum Gasteiger partial charge on any atom is -0.351 e. The van der Waals surface area contributed by atoms with Crippen molar-refractivity contribution < 1.29 is 0 Å². The fraction of sp³-hybridized carbons (Fsp3) is 0.316. The summed E-state index contributed by atoms with van der Waals surface area (Å²) in [5.74, 6) is 1.12. The van der Waals surface area contributed by atoms with Gasteiger partial charge in [0.25, 0.3) is 0 Å². The van der Waals surface area contributed by atoms with Gasteiger partial charge >= 0.3 is 0 Å². The summed E-state index contributed by atoms with van der Waals surface area (Å²) in [5, 5.41) is 0. The summed E-state index contributed by atoms with van der Waals surface area (Å²) >= 11 is 0. The predicted octanol–water partition coefficient (Wildman–Crippen LogP) is 3.98. The summed E-state index contributed by atoms with van der Waals surface area (Å²) in [6.45, 7) is 7.42. The SMILES string of the molecule is CC1(C)CN=C(c2ccccc2)N(Cc2ccccc2)C1. The maximum absolute atomic E-state index is 4.87. The van der Waals surface area contributed by atoms with Gasteiger partial charge in [0.15, 0.2) is 0 Å². The third-order valence-electron chi connectivity index (χ3n) is 3.82. The average Bonchev–Trinajstić information content (AvgIpc) is 2.48. The van der Waals surface area contributed by atoms with E-state index in [0.717, 1.165) is 25.5 Å². The van der Waals surface area contributed by atoms with Crippen LogP contribution in [0.4, 0.5) is 0 Å². The van der Waals surface area contributed by atoms with Gasteiger partial charge in [-0.05, 0) is 5.56 Å². The molecule has 0 saturated heterocycles. The molecule has 0 aromatic heterocycles. The van der Waals surface area contributed by atoms with Gasteiger partial charge in [0.05, 0.1) is 0 Å². The molecule has 1 heterocycles. The highest BCUT2D eigenvalue weighted by atomic mass is 15.2. The average molecular weight is 278 g/mol. The van der Waals surface area contributed by atoms with Crippen molar-refractivity contribution in [2.24, 2.45) is 10.4 Å². The van der Waals surface area contributed by atoms with Crippen molar-refractivity contribution in [3.8, 4) is 0 Å². The van der Waals surface area contributed by atoms with Crippen LogP contribution >= 0.6 is 0 Å². The Morgan fingerprint density at radius 1 is 0.952 bits per heavy atom. The fourth-order valence-electron chi connectivity index (χ4n) is 2.83. The van der Waals surface area contributed by atoms with Crippen LogP contribution in [0.2, 0.25) is 0 Å². The van der Waals surface area contributed by atoms with Crippen LogP contribution in [-0.2, 0) is 6.54 Å². The zero-order chi connectivity index (χ0) is 14.7. The van der Waals surface area contributed by atoms with Crippen LogP contribution in [0.25, 0.3) is 0 Å². The van der Waals surface area contributed by atoms with Crippen molar-refractivity contribution in [1.82, 2.24) is 4.90 Å². The number of nitrogens with zero attached hydrogens (tertiary/aromatic N) is 2. The van der Waals surface area contributed by atoms with Crippen LogP contribution in [0.15, 0.2) is 65.7 Å². The highest BCUT2D eigenvalue weighted by Crippen LogP contribution is 2.25. The van der Waals surface area contributed by atoms with Crippen LogP contribution in [0.1, 0.15) is 25.0 Å². The second-order valence-electron chi connectivity index (χ2n) is 6.51. The molecule has 0 atom stereocenters. The van der Waals surface area contributed by atoms with Gasteiger partial charge in [-0.3, -0.25) is 4.99 Å². The summed E-state index contributed by atoms with van der Waals surface area (Å²) in [6.07, 6.45) is 0. The van der Waals surface area contributed by atoms with Crippen molar-refractivity contribution >= 4 is 5.84 Å². The van der Waals surface area contributed by atoms with Crippen molar-refractivity contribution in [3.63, 3.8) is 0 Å². The number of benzene rings is 2. The zero-order valence-corrected chi connectivity index (χ0v) is 12.8. The van der Waals surface area contributed by atoms with Gasteiger partial charge in [-0.25, -0.2) is 0 Å². The zero-order valence-electron chi connectivity index (χ0n) is 12.8. The first-order valence-electron chi connectivity index (χ1n) is 7.53. The van der Waals surface area contributed by atoms with E-state index in [2.05, 4.69) is 79.4 Å². The first-order valence-corrected chi connectivity index (χ1v) is 7.53. The van der Waals surface area contributed by atoms with Crippen LogP contribution < -0.4 is 0 Å².